The fraction of sp³-hybridized carbons (Fsp3) is 0.643. The Hall–Kier alpha value is -1.56. The molecule has 0 saturated heterocycles. The van der Waals surface area contributed by atoms with E-state index in [1.165, 1.54) is 0 Å². The molecule has 0 radical (unpaired) electrons. The van der Waals surface area contributed by atoms with Crippen LogP contribution in [0.2, 0.25) is 0 Å². The van der Waals surface area contributed by atoms with Crippen molar-refractivity contribution in [1.82, 2.24) is 15.3 Å². The first-order valence-electron chi connectivity index (χ1n) is 7.10. The normalized spacial score (nSPS) is 21.6. The van der Waals surface area contributed by atoms with Crippen molar-refractivity contribution in [1.29, 1.82) is 0 Å². The first-order chi connectivity index (χ1) is 10.2. The summed E-state index contributed by atoms with van der Waals surface area (Å²) in [5, 5.41) is 3.00. The van der Waals surface area contributed by atoms with E-state index in [9.17, 15) is 4.79 Å². The molecule has 0 atom stereocenters. The summed E-state index contributed by atoms with van der Waals surface area (Å²) in [5.74, 6) is 1.20. The van der Waals surface area contributed by atoms with Crippen LogP contribution in [0.1, 0.15) is 32.1 Å². The zero-order valence-corrected chi connectivity index (χ0v) is 12.8. The molecule has 1 fully saturated rings. The average molecular weight is 314 g/mol. The van der Waals surface area contributed by atoms with Gasteiger partial charge in [0.25, 0.3) is 11.8 Å². The number of nitrogens with one attached hydrogen (secondary N) is 1. The molecule has 0 spiro atoms. The van der Waals surface area contributed by atoms with Crippen LogP contribution in [0.25, 0.3) is 0 Å². The van der Waals surface area contributed by atoms with E-state index >= 15 is 0 Å². The number of methoxy groups -OCH3 is 1. The van der Waals surface area contributed by atoms with Gasteiger partial charge in [-0.15, -0.1) is 11.6 Å². The maximum atomic E-state index is 11.5. The maximum absolute atomic E-state index is 11.5. The van der Waals surface area contributed by atoms with Crippen LogP contribution in [0.3, 0.4) is 0 Å². The number of amides is 1. The van der Waals surface area contributed by atoms with Crippen molar-refractivity contribution in [3.05, 3.63) is 12.4 Å². The number of rotatable bonds is 6. The molecule has 6 nitrogen and oxygen atoms in total. The molecule has 1 heterocycles. The van der Waals surface area contributed by atoms with Crippen LogP contribution in [0.15, 0.2) is 12.4 Å². The Kier molecular flexibility index (Phi) is 6.04. The Morgan fingerprint density at radius 1 is 1.29 bits per heavy atom. The molecule has 7 heteroatoms. The molecule has 1 aliphatic carbocycles. The van der Waals surface area contributed by atoms with Crippen molar-refractivity contribution < 1.29 is 14.3 Å². The van der Waals surface area contributed by atoms with E-state index in [4.69, 9.17) is 21.1 Å². The zero-order chi connectivity index (χ0) is 15.1. The van der Waals surface area contributed by atoms with Gasteiger partial charge in [-0.25, -0.2) is 9.97 Å². The van der Waals surface area contributed by atoms with Crippen molar-refractivity contribution in [3.63, 3.8) is 0 Å². The fourth-order valence-corrected chi connectivity index (χ4v) is 2.57. The third kappa shape index (κ3) is 4.74. The third-order valence-electron chi connectivity index (χ3n) is 3.47. The molecule has 0 aliphatic heterocycles. The van der Waals surface area contributed by atoms with E-state index in [1.807, 2.05) is 0 Å². The molecule has 1 aromatic heterocycles. The minimum absolute atomic E-state index is 0.0185. The summed E-state index contributed by atoms with van der Waals surface area (Å²) in [6.45, 7) is 0. The highest BCUT2D eigenvalue weighted by atomic mass is 35.5. The zero-order valence-electron chi connectivity index (χ0n) is 12.0. The largest absolute Gasteiger partial charge is 0.477 e. The number of ether oxygens (including phenoxy) is 2. The van der Waals surface area contributed by atoms with Crippen LogP contribution in [-0.4, -0.2) is 41.0 Å². The summed E-state index contributed by atoms with van der Waals surface area (Å²) in [7, 11) is 1.54. The predicted octanol–water partition coefficient (Wildman–Crippen LogP) is 1.92. The van der Waals surface area contributed by atoms with Crippen molar-refractivity contribution in [2.24, 2.45) is 0 Å². The van der Waals surface area contributed by atoms with Gasteiger partial charge < -0.3 is 14.8 Å². The van der Waals surface area contributed by atoms with Crippen LogP contribution in [0.5, 0.6) is 11.8 Å². The number of hydrogen-bond acceptors (Lipinski definition) is 5. The fourth-order valence-electron chi connectivity index (χ4n) is 2.40. The lowest BCUT2D eigenvalue weighted by atomic mass is 9.93. The van der Waals surface area contributed by atoms with Gasteiger partial charge in [-0.2, -0.15) is 0 Å². The Morgan fingerprint density at radius 3 is 2.57 bits per heavy atom. The average Bonchev–Trinajstić information content (AvgIpc) is 2.50. The number of carbonyl (C=O) groups is 1. The number of hydrogen-bond donors (Lipinski definition) is 1. The van der Waals surface area contributed by atoms with Gasteiger partial charge in [-0.3, -0.25) is 4.79 Å². The van der Waals surface area contributed by atoms with Crippen LogP contribution in [-0.2, 0) is 4.79 Å². The topological polar surface area (TPSA) is 73.3 Å². The van der Waals surface area contributed by atoms with Crippen LogP contribution in [0, 0.1) is 0 Å². The molecule has 0 bridgehead atoms. The molecular formula is C14H20ClN3O3. The van der Waals surface area contributed by atoms with Crippen molar-refractivity contribution in [2.75, 3.05) is 13.0 Å². The van der Waals surface area contributed by atoms with Gasteiger partial charge in [0.2, 0.25) is 5.91 Å². The monoisotopic (exact) mass is 313 g/mol. The number of alkyl halides is 1. The van der Waals surface area contributed by atoms with E-state index in [0.717, 1.165) is 25.7 Å². The van der Waals surface area contributed by atoms with E-state index < -0.39 is 0 Å². The Morgan fingerprint density at radius 2 is 1.95 bits per heavy atom. The summed E-state index contributed by atoms with van der Waals surface area (Å²) in [6, 6.07) is 0.212. The summed E-state index contributed by atoms with van der Waals surface area (Å²) in [4.78, 5) is 19.7. The second-order valence-electron chi connectivity index (χ2n) is 4.97. The molecule has 2 rings (SSSR count). The molecule has 1 saturated carbocycles. The SMILES string of the molecule is COc1nccnc1OC1CCC(NC(=O)CCCl)CC1. The summed E-state index contributed by atoms with van der Waals surface area (Å²) >= 11 is 5.55. The summed E-state index contributed by atoms with van der Waals surface area (Å²) < 4.78 is 11.0. The highest BCUT2D eigenvalue weighted by Crippen LogP contribution is 2.27. The Bertz CT molecular complexity index is 465. The highest BCUT2D eigenvalue weighted by Gasteiger charge is 2.24. The molecule has 0 aromatic carbocycles. The van der Waals surface area contributed by atoms with Gasteiger partial charge in [0.15, 0.2) is 0 Å². The third-order valence-corrected chi connectivity index (χ3v) is 3.65. The second kappa shape index (κ2) is 8.02. The van der Waals surface area contributed by atoms with Gasteiger partial charge in [-0.1, -0.05) is 0 Å². The number of nitrogens with zero attached hydrogens (tertiary/aromatic N) is 2. The second-order valence-corrected chi connectivity index (χ2v) is 5.35. The molecule has 1 N–H and O–H groups in total. The molecule has 0 unspecified atom stereocenters. The van der Waals surface area contributed by atoms with E-state index in [-0.39, 0.29) is 18.1 Å². The van der Waals surface area contributed by atoms with Crippen molar-refractivity contribution >= 4 is 17.5 Å². The minimum Gasteiger partial charge on any atom is -0.477 e. The van der Waals surface area contributed by atoms with Gasteiger partial charge in [-0.05, 0) is 25.7 Å². The van der Waals surface area contributed by atoms with Gasteiger partial charge in [0.05, 0.1) is 7.11 Å². The first kappa shape index (κ1) is 15.8. The van der Waals surface area contributed by atoms with Crippen LogP contribution in [0.4, 0.5) is 0 Å². The van der Waals surface area contributed by atoms with Gasteiger partial charge >= 0.3 is 0 Å². The lowest BCUT2D eigenvalue weighted by Gasteiger charge is -2.29. The molecule has 1 amide bonds. The van der Waals surface area contributed by atoms with E-state index in [0.29, 0.717) is 24.1 Å². The molecule has 1 aliphatic rings. The number of aromatic nitrogens is 2. The van der Waals surface area contributed by atoms with Crippen molar-refractivity contribution in [2.45, 2.75) is 44.2 Å². The number of halogens is 1. The lowest BCUT2D eigenvalue weighted by Crippen LogP contribution is -2.39. The Labute approximate surface area is 129 Å². The maximum Gasteiger partial charge on any atom is 0.278 e. The van der Waals surface area contributed by atoms with Crippen LogP contribution < -0.4 is 14.8 Å². The highest BCUT2D eigenvalue weighted by molar-refractivity contribution is 6.18. The molecule has 116 valence electrons. The number of carbonyl (C=O) groups excluding carboxylic acids is 1. The van der Waals surface area contributed by atoms with Gasteiger partial charge in [0, 0.05) is 30.7 Å². The predicted molar refractivity (Wildman–Crippen MR) is 78.7 cm³/mol. The molecular weight excluding hydrogens is 294 g/mol. The van der Waals surface area contributed by atoms with Crippen LogP contribution >= 0.6 is 11.6 Å². The smallest absolute Gasteiger partial charge is 0.278 e. The summed E-state index contributed by atoms with van der Waals surface area (Å²) in [6.07, 6.45) is 7.11. The quantitative estimate of drug-likeness (QED) is 0.812. The first-order valence-corrected chi connectivity index (χ1v) is 7.63. The minimum atomic E-state index is 0.0185. The van der Waals surface area contributed by atoms with Gasteiger partial charge in [0.1, 0.15) is 6.10 Å². The summed E-state index contributed by atoms with van der Waals surface area (Å²) in [5.41, 5.74) is 0. The molecule has 21 heavy (non-hydrogen) atoms. The lowest BCUT2D eigenvalue weighted by molar-refractivity contribution is -0.121. The van der Waals surface area contributed by atoms with Crippen molar-refractivity contribution in [3.8, 4) is 11.8 Å². The van der Waals surface area contributed by atoms with E-state index in [2.05, 4.69) is 15.3 Å². The standard InChI is InChI=1S/C14H20ClN3O3/c1-20-13-14(17-9-8-16-13)21-11-4-2-10(3-5-11)18-12(19)6-7-15/h8-11H,2-7H2,1H3,(H,18,19). The Balaban J connectivity index is 1.80. The molecule has 1 aromatic rings. The van der Waals surface area contributed by atoms with E-state index in [1.54, 1.807) is 19.5 Å².